The summed E-state index contributed by atoms with van der Waals surface area (Å²) in [6, 6.07) is 6.54. The summed E-state index contributed by atoms with van der Waals surface area (Å²) < 4.78 is 0. The Balaban J connectivity index is 0.00000225. The van der Waals surface area contributed by atoms with Crippen LogP contribution >= 0.6 is 23.7 Å². The Morgan fingerprint density at radius 3 is 2.48 bits per heavy atom. The number of thiazole rings is 1. The standard InChI is InChI=1S/C16H18N4O3S.ClH/c17-11-3-5-12(6-4-11)18-15(21)14-9-24-16(19-14)10-1-7-13(8-2-10)20(22)23;/h1-2,7-9,11-12H,3-6,17H2,(H,18,21);1H. The molecule has 0 atom stereocenters. The van der Waals surface area contributed by atoms with E-state index in [1.54, 1.807) is 17.5 Å². The van der Waals surface area contributed by atoms with Gasteiger partial charge in [0.25, 0.3) is 11.6 Å². The Morgan fingerprint density at radius 2 is 1.88 bits per heavy atom. The van der Waals surface area contributed by atoms with Crippen LogP contribution in [0, 0.1) is 10.1 Å². The lowest BCUT2D eigenvalue weighted by atomic mass is 9.92. The van der Waals surface area contributed by atoms with Gasteiger partial charge in [0.2, 0.25) is 0 Å². The van der Waals surface area contributed by atoms with Crippen molar-refractivity contribution in [3.8, 4) is 10.6 Å². The van der Waals surface area contributed by atoms with Crippen LogP contribution in [0.1, 0.15) is 36.2 Å². The average molecular weight is 383 g/mol. The maximum Gasteiger partial charge on any atom is 0.270 e. The Kier molecular flexibility index (Phi) is 6.46. The van der Waals surface area contributed by atoms with Crippen LogP contribution in [0.25, 0.3) is 10.6 Å². The van der Waals surface area contributed by atoms with Gasteiger partial charge in [0.15, 0.2) is 0 Å². The summed E-state index contributed by atoms with van der Waals surface area (Å²) in [5.41, 5.74) is 7.04. The minimum absolute atomic E-state index is 0. The van der Waals surface area contributed by atoms with Crippen molar-refractivity contribution in [2.24, 2.45) is 5.73 Å². The molecule has 0 aliphatic heterocycles. The van der Waals surface area contributed by atoms with Crippen LogP contribution < -0.4 is 11.1 Å². The molecule has 1 aromatic heterocycles. The monoisotopic (exact) mass is 382 g/mol. The molecule has 1 aliphatic carbocycles. The predicted molar refractivity (Wildman–Crippen MR) is 99.2 cm³/mol. The number of non-ortho nitro benzene ring substituents is 1. The highest BCUT2D eigenvalue weighted by molar-refractivity contribution is 7.13. The maximum atomic E-state index is 12.3. The number of carbonyl (C=O) groups is 1. The number of nitrogens with one attached hydrogen (secondary N) is 1. The van der Waals surface area contributed by atoms with Crippen molar-refractivity contribution >= 4 is 35.3 Å². The first kappa shape index (κ1) is 19.3. The number of nitrogens with two attached hydrogens (primary N) is 1. The molecule has 2 aromatic rings. The average Bonchev–Trinajstić information content (AvgIpc) is 3.07. The van der Waals surface area contributed by atoms with E-state index in [2.05, 4.69) is 10.3 Å². The molecule has 1 amide bonds. The number of amides is 1. The number of hydrogen-bond acceptors (Lipinski definition) is 6. The molecule has 0 bridgehead atoms. The maximum absolute atomic E-state index is 12.3. The third kappa shape index (κ3) is 4.75. The van der Waals surface area contributed by atoms with Crippen LogP contribution in [-0.4, -0.2) is 27.9 Å². The second kappa shape index (κ2) is 8.37. The van der Waals surface area contributed by atoms with Crippen LogP contribution in [0.15, 0.2) is 29.6 Å². The third-order valence-electron chi connectivity index (χ3n) is 4.17. The first-order valence-corrected chi connectivity index (χ1v) is 8.67. The van der Waals surface area contributed by atoms with Gasteiger partial charge in [0.05, 0.1) is 4.92 Å². The first-order chi connectivity index (χ1) is 11.5. The summed E-state index contributed by atoms with van der Waals surface area (Å²) in [7, 11) is 0. The van der Waals surface area contributed by atoms with E-state index in [0.29, 0.717) is 10.7 Å². The summed E-state index contributed by atoms with van der Waals surface area (Å²) in [6.07, 6.45) is 3.64. The fourth-order valence-corrected chi connectivity index (χ4v) is 3.57. The highest BCUT2D eigenvalue weighted by atomic mass is 35.5. The van der Waals surface area contributed by atoms with Crippen LogP contribution in [0.4, 0.5) is 5.69 Å². The van der Waals surface area contributed by atoms with Crippen molar-refractivity contribution in [2.45, 2.75) is 37.8 Å². The Hall–Kier alpha value is -2.03. The lowest BCUT2D eigenvalue weighted by Crippen LogP contribution is -2.40. The summed E-state index contributed by atoms with van der Waals surface area (Å²) in [5.74, 6) is -0.181. The van der Waals surface area contributed by atoms with E-state index in [4.69, 9.17) is 5.73 Å². The van der Waals surface area contributed by atoms with Gasteiger partial charge in [-0.05, 0) is 37.8 Å². The SMILES string of the molecule is Cl.NC1CCC(NC(=O)c2csc(-c3ccc([N+](=O)[O-])cc3)n2)CC1. The zero-order chi connectivity index (χ0) is 17.1. The zero-order valence-electron chi connectivity index (χ0n) is 13.4. The van der Waals surface area contributed by atoms with Crippen LogP contribution in [0.5, 0.6) is 0 Å². The molecule has 1 aromatic carbocycles. The molecule has 0 spiro atoms. The van der Waals surface area contributed by atoms with Gasteiger partial charge < -0.3 is 11.1 Å². The van der Waals surface area contributed by atoms with Crippen molar-refractivity contribution in [1.29, 1.82) is 0 Å². The first-order valence-electron chi connectivity index (χ1n) is 7.79. The molecule has 0 saturated heterocycles. The number of hydrogen-bond donors (Lipinski definition) is 2. The molecule has 3 N–H and O–H groups in total. The molecule has 7 nitrogen and oxygen atoms in total. The molecule has 3 rings (SSSR count). The van der Waals surface area contributed by atoms with Crippen LogP contribution in [0.3, 0.4) is 0 Å². The van der Waals surface area contributed by atoms with Crippen molar-refractivity contribution in [3.63, 3.8) is 0 Å². The van der Waals surface area contributed by atoms with Gasteiger partial charge in [-0.3, -0.25) is 14.9 Å². The number of aromatic nitrogens is 1. The number of nitro benzene ring substituents is 1. The molecule has 1 heterocycles. The lowest BCUT2D eigenvalue weighted by Gasteiger charge is -2.26. The van der Waals surface area contributed by atoms with E-state index in [9.17, 15) is 14.9 Å². The van der Waals surface area contributed by atoms with Crippen molar-refractivity contribution in [1.82, 2.24) is 10.3 Å². The van der Waals surface area contributed by atoms with Gasteiger partial charge in [-0.2, -0.15) is 0 Å². The second-order valence-corrected chi connectivity index (χ2v) is 6.79. The molecule has 1 aliphatic rings. The zero-order valence-corrected chi connectivity index (χ0v) is 15.0. The number of benzene rings is 1. The smallest absolute Gasteiger partial charge is 0.270 e. The number of nitro groups is 1. The highest BCUT2D eigenvalue weighted by Crippen LogP contribution is 2.26. The number of halogens is 1. The molecule has 25 heavy (non-hydrogen) atoms. The summed E-state index contributed by atoms with van der Waals surface area (Å²) >= 11 is 1.35. The van der Waals surface area contributed by atoms with E-state index < -0.39 is 4.92 Å². The minimum atomic E-state index is -0.444. The van der Waals surface area contributed by atoms with Gasteiger partial charge >= 0.3 is 0 Å². The fraction of sp³-hybridized carbons (Fsp3) is 0.375. The number of nitrogens with zero attached hydrogens (tertiary/aromatic N) is 2. The quantitative estimate of drug-likeness (QED) is 0.623. The molecule has 1 saturated carbocycles. The lowest BCUT2D eigenvalue weighted by molar-refractivity contribution is -0.384. The van der Waals surface area contributed by atoms with E-state index in [0.717, 1.165) is 31.2 Å². The van der Waals surface area contributed by atoms with Crippen LogP contribution in [-0.2, 0) is 0 Å². The minimum Gasteiger partial charge on any atom is -0.348 e. The summed E-state index contributed by atoms with van der Waals surface area (Å²) in [5, 5.41) is 16.1. The molecule has 1 fully saturated rings. The number of carbonyl (C=O) groups excluding carboxylic acids is 1. The Bertz CT molecular complexity index is 742. The second-order valence-electron chi connectivity index (χ2n) is 5.93. The fourth-order valence-electron chi connectivity index (χ4n) is 2.76. The van der Waals surface area contributed by atoms with E-state index in [1.807, 2.05) is 0 Å². The van der Waals surface area contributed by atoms with Gasteiger partial charge in [-0.1, -0.05) is 0 Å². The Morgan fingerprint density at radius 1 is 1.24 bits per heavy atom. The van der Waals surface area contributed by atoms with Crippen molar-refractivity contribution in [2.75, 3.05) is 0 Å². The normalized spacial score (nSPS) is 19.7. The molecule has 0 unspecified atom stereocenters. The van der Waals surface area contributed by atoms with Crippen molar-refractivity contribution in [3.05, 3.63) is 45.5 Å². The van der Waals surface area contributed by atoms with E-state index >= 15 is 0 Å². The van der Waals surface area contributed by atoms with Crippen LogP contribution in [0.2, 0.25) is 0 Å². The third-order valence-corrected chi connectivity index (χ3v) is 5.06. The van der Waals surface area contributed by atoms with Gasteiger partial charge in [-0.15, -0.1) is 23.7 Å². The molecular formula is C16H19ClN4O3S. The van der Waals surface area contributed by atoms with Gasteiger partial charge in [-0.25, -0.2) is 4.98 Å². The Labute approximate surface area is 155 Å². The van der Waals surface area contributed by atoms with E-state index in [1.165, 1.54) is 23.5 Å². The molecule has 9 heteroatoms. The van der Waals surface area contributed by atoms with Gasteiger partial charge in [0.1, 0.15) is 10.7 Å². The number of rotatable bonds is 4. The summed E-state index contributed by atoms with van der Waals surface area (Å²) in [6.45, 7) is 0. The molecular weight excluding hydrogens is 364 g/mol. The largest absolute Gasteiger partial charge is 0.348 e. The van der Waals surface area contributed by atoms with E-state index in [-0.39, 0.29) is 36.1 Å². The molecule has 0 radical (unpaired) electrons. The predicted octanol–water partition coefficient (Wildman–Crippen LogP) is 3.14. The molecule has 134 valence electrons. The topological polar surface area (TPSA) is 111 Å². The van der Waals surface area contributed by atoms with Gasteiger partial charge in [0, 0.05) is 35.2 Å². The summed E-state index contributed by atoms with van der Waals surface area (Å²) in [4.78, 5) is 26.9. The van der Waals surface area contributed by atoms with Crippen molar-refractivity contribution < 1.29 is 9.72 Å². The highest BCUT2D eigenvalue weighted by Gasteiger charge is 2.21.